The predicted molar refractivity (Wildman–Crippen MR) is 82.9 cm³/mol. The molecule has 1 unspecified atom stereocenters. The third kappa shape index (κ3) is 4.74. The fraction of sp³-hybridized carbons (Fsp3) is 0.588. The minimum atomic E-state index is -0.696. The number of carbonyl (C=O) groups is 1. The number of rotatable bonds is 7. The van der Waals surface area contributed by atoms with E-state index in [9.17, 15) is 4.79 Å². The number of aliphatic carboxylic acids is 1. The van der Waals surface area contributed by atoms with Crippen molar-refractivity contribution in [1.82, 2.24) is 4.90 Å². The van der Waals surface area contributed by atoms with Crippen LogP contribution in [0.15, 0.2) is 18.2 Å². The fourth-order valence-electron chi connectivity index (χ4n) is 2.88. The molecule has 4 nitrogen and oxygen atoms in total. The largest absolute Gasteiger partial charge is 0.494 e. The number of hydrogen-bond acceptors (Lipinski definition) is 3. The molecule has 4 heteroatoms. The molecular weight excluding hydrogens is 266 g/mol. The number of aryl methyl sites for hydroxylation is 2. The average Bonchev–Trinajstić information content (AvgIpc) is 2.85. The van der Waals surface area contributed by atoms with Gasteiger partial charge in [0.2, 0.25) is 0 Å². The lowest BCUT2D eigenvalue weighted by Crippen LogP contribution is -2.32. The molecule has 1 fully saturated rings. The van der Waals surface area contributed by atoms with Crippen LogP contribution in [0.5, 0.6) is 5.75 Å². The quantitative estimate of drug-likeness (QED) is 0.785. The van der Waals surface area contributed by atoms with E-state index < -0.39 is 5.97 Å². The Kier molecular flexibility index (Phi) is 5.62. The summed E-state index contributed by atoms with van der Waals surface area (Å²) in [5, 5.41) is 8.91. The van der Waals surface area contributed by atoms with E-state index in [1.807, 2.05) is 6.07 Å². The highest BCUT2D eigenvalue weighted by atomic mass is 16.5. The van der Waals surface area contributed by atoms with Crippen molar-refractivity contribution >= 4 is 5.97 Å². The zero-order valence-corrected chi connectivity index (χ0v) is 13.0. The van der Waals surface area contributed by atoms with Gasteiger partial charge >= 0.3 is 5.97 Å². The Morgan fingerprint density at radius 2 is 2.19 bits per heavy atom. The van der Waals surface area contributed by atoms with Gasteiger partial charge in [-0.15, -0.1) is 0 Å². The van der Waals surface area contributed by atoms with E-state index in [4.69, 9.17) is 9.84 Å². The minimum absolute atomic E-state index is 0.212. The van der Waals surface area contributed by atoms with E-state index in [1.165, 1.54) is 11.1 Å². The molecule has 0 bridgehead atoms. The van der Waals surface area contributed by atoms with Crippen LogP contribution in [0.2, 0.25) is 0 Å². The molecule has 1 saturated heterocycles. The Morgan fingerprint density at radius 1 is 1.38 bits per heavy atom. The van der Waals surface area contributed by atoms with Gasteiger partial charge in [0.1, 0.15) is 5.75 Å². The van der Waals surface area contributed by atoms with Crippen LogP contribution in [-0.4, -0.2) is 41.7 Å². The number of benzene rings is 1. The van der Waals surface area contributed by atoms with Gasteiger partial charge in [-0.05, 0) is 62.9 Å². The Morgan fingerprint density at radius 3 is 2.90 bits per heavy atom. The molecule has 1 aromatic carbocycles. The van der Waals surface area contributed by atoms with Crippen molar-refractivity contribution in [2.45, 2.75) is 45.6 Å². The van der Waals surface area contributed by atoms with Crippen molar-refractivity contribution in [1.29, 1.82) is 0 Å². The molecule has 0 radical (unpaired) electrons. The van der Waals surface area contributed by atoms with Gasteiger partial charge in [0, 0.05) is 12.6 Å². The van der Waals surface area contributed by atoms with Crippen LogP contribution in [0.4, 0.5) is 0 Å². The zero-order valence-electron chi connectivity index (χ0n) is 13.0. The molecule has 116 valence electrons. The number of hydrogen-bond donors (Lipinski definition) is 1. The summed E-state index contributed by atoms with van der Waals surface area (Å²) >= 11 is 0. The summed E-state index contributed by atoms with van der Waals surface area (Å²) in [5.74, 6) is 0.222. The second kappa shape index (κ2) is 7.46. The Bertz CT molecular complexity index is 487. The van der Waals surface area contributed by atoms with Crippen LogP contribution in [0.1, 0.15) is 36.8 Å². The third-order valence-electron chi connectivity index (χ3n) is 4.25. The summed E-state index contributed by atoms with van der Waals surface area (Å²) < 4.78 is 5.77. The fourth-order valence-corrected chi connectivity index (χ4v) is 2.88. The lowest BCUT2D eigenvalue weighted by Gasteiger charge is -2.23. The maximum atomic E-state index is 10.8. The van der Waals surface area contributed by atoms with Crippen LogP contribution in [0.3, 0.4) is 0 Å². The molecule has 0 aliphatic carbocycles. The molecule has 21 heavy (non-hydrogen) atoms. The lowest BCUT2D eigenvalue weighted by molar-refractivity contribution is -0.138. The average molecular weight is 291 g/mol. The smallest absolute Gasteiger partial charge is 0.304 e. The topological polar surface area (TPSA) is 49.8 Å². The normalized spacial score (nSPS) is 18.9. The monoisotopic (exact) mass is 291 g/mol. The highest BCUT2D eigenvalue weighted by Crippen LogP contribution is 2.20. The van der Waals surface area contributed by atoms with Gasteiger partial charge in [-0.1, -0.05) is 6.07 Å². The van der Waals surface area contributed by atoms with Crippen molar-refractivity contribution in [3.05, 3.63) is 29.3 Å². The molecule has 0 aromatic heterocycles. The van der Waals surface area contributed by atoms with Crippen LogP contribution in [0.25, 0.3) is 0 Å². The molecule has 0 saturated carbocycles. The standard InChI is InChI=1S/C17H25NO3/c1-13-6-7-16(11-14(13)2)21-10-4-9-18-8-3-5-15(18)12-17(19)20/h6-7,11,15H,3-5,8-10,12H2,1-2H3,(H,19,20). The molecule has 1 heterocycles. The van der Waals surface area contributed by atoms with E-state index in [0.29, 0.717) is 6.61 Å². The predicted octanol–water partition coefficient (Wildman–Crippen LogP) is 3.01. The summed E-state index contributed by atoms with van der Waals surface area (Å²) in [6, 6.07) is 6.36. The van der Waals surface area contributed by atoms with E-state index in [2.05, 4.69) is 30.9 Å². The highest BCUT2D eigenvalue weighted by molar-refractivity contribution is 5.67. The maximum absolute atomic E-state index is 10.8. The minimum Gasteiger partial charge on any atom is -0.494 e. The first-order valence-electron chi connectivity index (χ1n) is 7.72. The SMILES string of the molecule is Cc1ccc(OCCCN2CCCC2CC(=O)O)cc1C. The van der Waals surface area contributed by atoms with Gasteiger partial charge in [0.25, 0.3) is 0 Å². The van der Waals surface area contributed by atoms with Gasteiger partial charge in [0.15, 0.2) is 0 Å². The number of carboxylic acids is 1. The summed E-state index contributed by atoms with van der Waals surface area (Å²) in [6.45, 7) is 6.79. The molecule has 1 N–H and O–H groups in total. The first-order chi connectivity index (χ1) is 10.1. The van der Waals surface area contributed by atoms with Crippen LogP contribution < -0.4 is 4.74 Å². The van der Waals surface area contributed by atoms with Gasteiger partial charge in [-0.25, -0.2) is 0 Å². The third-order valence-corrected chi connectivity index (χ3v) is 4.25. The van der Waals surface area contributed by atoms with Crippen LogP contribution in [0, 0.1) is 13.8 Å². The number of nitrogens with zero attached hydrogens (tertiary/aromatic N) is 1. The first kappa shape index (κ1) is 15.8. The van der Waals surface area contributed by atoms with E-state index in [0.717, 1.165) is 38.1 Å². The molecular formula is C17H25NO3. The van der Waals surface area contributed by atoms with E-state index >= 15 is 0 Å². The Balaban J connectivity index is 1.71. The molecule has 0 amide bonds. The second-order valence-electron chi connectivity index (χ2n) is 5.88. The van der Waals surface area contributed by atoms with Crippen molar-refractivity contribution in [3.63, 3.8) is 0 Å². The van der Waals surface area contributed by atoms with E-state index in [1.54, 1.807) is 0 Å². The van der Waals surface area contributed by atoms with Gasteiger partial charge in [0.05, 0.1) is 13.0 Å². The molecule has 1 aliphatic rings. The molecule has 1 aliphatic heterocycles. The number of ether oxygens (including phenoxy) is 1. The second-order valence-corrected chi connectivity index (χ2v) is 5.88. The van der Waals surface area contributed by atoms with E-state index in [-0.39, 0.29) is 12.5 Å². The molecule has 1 aromatic rings. The number of carboxylic acid groups (broad SMARTS) is 1. The summed E-state index contributed by atoms with van der Waals surface area (Å²) in [4.78, 5) is 13.1. The zero-order chi connectivity index (χ0) is 15.2. The highest BCUT2D eigenvalue weighted by Gasteiger charge is 2.25. The summed E-state index contributed by atoms with van der Waals surface area (Å²) in [7, 11) is 0. The Labute approximate surface area is 126 Å². The maximum Gasteiger partial charge on any atom is 0.304 e. The molecule has 0 spiro atoms. The van der Waals surface area contributed by atoms with Crippen molar-refractivity contribution in [2.24, 2.45) is 0 Å². The Hall–Kier alpha value is -1.55. The first-order valence-corrected chi connectivity index (χ1v) is 7.72. The van der Waals surface area contributed by atoms with Crippen LogP contribution in [-0.2, 0) is 4.79 Å². The summed E-state index contributed by atoms with van der Waals surface area (Å²) in [5.41, 5.74) is 2.52. The van der Waals surface area contributed by atoms with Gasteiger partial charge in [-0.2, -0.15) is 0 Å². The lowest BCUT2D eigenvalue weighted by atomic mass is 10.1. The van der Waals surface area contributed by atoms with Gasteiger partial charge < -0.3 is 9.84 Å². The van der Waals surface area contributed by atoms with Crippen molar-refractivity contribution in [2.75, 3.05) is 19.7 Å². The molecule has 1 atom stereocenters. The van der Waals surface area contributed by atoms with Crippen LogP contribution >= 0.6 is 0 Å². The summed E-state index contributed by atoms with van der Waals surface area (Å²) in [6.07, 6.45) is 3.31. The van der Waals surface area contributed by atoms with Gasteiger partial charge in [-0.3, -0.25) is 9.69 Å². The van der Waals surface area contributed by atoms with Crippen molar-refractivity contribution < 1.29 is 14.6 Å². The van der Waals surface area contributed by atoms with Crippen molar-refractivity contribution in [3.8, 4) is 5.75 Å². The molecule has 2 rings (SSSR count). The number of likely N-dealkylation sites (tertiary alicyclic amines) is 1.